The highest BCUT2D eigenvalue weighted by molar-refractivity contribution is 5.43. The van der Waals surface area contributed by atoms with Crippen LogP contribution in [0.5, 0.6) is 5.75 Å². The lowest BCUT2D eigenvalue weighted by atomic mass is 9.47. The Morgan fingerprint density at radius 1 is 1.00 bits per heavy atom. The van der Waals surface area contributed by atoms with Gasteiger partial charge in [-0.25, -0.2) is 9.37 Å². The Balaban J connectivity index is 1.04. The van der Waals surface area contributed by atoms with Crippen LogP contribution in [0.4, 0.5) is 29.3 Å². The van der Waals surface area contributed by atoms with Crippen molar-refractivity contribution in [2.24, 2.45) is 29.1 Å². The predicted molar refractivity (Wildman–Crippen MR) is 156 cm³/mol. The third kappa shape index (κ3) is 7.36. The van der Waals surface area contributed by atoms with Crippen molar-refractivity contribution in [2.45, 2.75) is 95.6 Å². The van der Waals surface area contributed by atoms with E-state index in [9.17, 15) is 17.6 Å². The monoisotopic (exact) mass is 605 g/mol. The molecule has 236 valence electrons. The molecule has 5 saturated carbocycles. The Morgan fingerprint density at radius 3 is 2.47 bits per heavy atom. The Hall–Kier alpha value is -2.66. The minimum absolute atomic E-state index is 0.00893. The Bertz CT molecular complexity index is 1220. The molecule has 2 aromatic rings. The van der Waals surface area contributed by atoms with E-state index in [-0.39, 0.29) is 35.0 Å². The highest BCUT2D eigenvalue weighted by atomic mass is 19.4. The number of aromatic nitrogens is 2. The third-order valence-electron chi connectivity index (χ3n) is 10.5. The lowest BCUT2D eigenvalue weighted by Crippen LogP contribution is -2.61. The number of hydrogen-bond donors (Lipinski definition) is 4. The fourth-order valence-electron chi connectivity index (χ4n) is 8.85. The number of aliphatic hydroxyl groups excluding tert-OH is 1. The zero-order chi connectivity index (χ0) is 30.0. The van der Waals surface area contributed by atoms with Crippen LogP contribution in [0.2, 0.25) is 0 Å². The SMILES string of the molecule is OCCCC1CCC(NC2[C@@H]3CC4C[C@H]2CC(CNc2nc(NCc5ccccc5OC(F)(F)F)ncc2F)(C4)C3)CC1. The van der Waals surface area contributed by atoms with Crippen molar-refractivity contribution >= 4 is 11.8 Å². The van der Waals surface area contributed by atoms with E-state index in [4.69, 9.17) is 5.11 Å². The first kappa shape index (κ1) is 30.4. The van der Waals surface area contributed by atoms with E-state index in [2.05, 4.69) is 30.7 Å². The molecule has 0 amide bonds. The van der Waals surface area contributed by atoms with Gasteiger partial charge in [0.25, 0.3) is 0 Å². The van der Waals surface area contributed by atoms with Crippen LogP contribution in [0, 0.1) is 34.9 Å². The van der Waals surface area contributed by atoms with E-state index in [1.807, 2.05) is 0 Å². The molecule has 0 radical (unpaired) electrons. The number of ether oxygens (including phenoxy) is 1. The normalized spacial score (nSPS) is 31.7. The quantitative estimate of drug-likeness (QED) is 0.201. The average Bonchev–Trinajstić information content (AvgIpc) is 2.97. The number of aliphatic hydroxyl groups is 1. The summed E-state index contributed by atoms with van der Waals surface area (Å²) in [6, 6.07) is 7.02. The van der Waals surface area contributed by atoms with Crippen LogP contribution in [0.3, 0.4) is 0 Å². The van der Waals surface area contributed by atoms with Crippen molar-refractivity contribution in [3.8, 4) is 5.75 Å². The molecule has 7 rings (SSSR count). The van der Waals surface area contributed by atoms with Gasteiger partial charge in [0.1, 0.15) is 5.75 Å². The summed E-state index contributed by atoms with van der Waals surface area (Å²) < 4.78 is 57.2. The van der Waals surface area contributed by atoms with Crippen LogP contribution >= 0.6 is 0 Å². The van der Waals surface area contributed by atoms with Crippen molar-refractivity contribution in [1.29, 1.82) is 0 Å². The molecule has 0 saturated heterocycles. The number of anilines is 2. The molecule has 7 nitrogen and oxygen atoms in total. The zero-order valence-corrected chi connectivity index (χ0v) is 24.5. The molecule has 5 fully saturated rings. The highest BCUT2D eigenvalue weighted by Crippen LogP contribution is 2.60. The minimum atomic E-state index is -4.80. The van der Waals surface area contributed by atoms with Crippen LogP contribution in [0.25, 0.3) is 0 Å². The largest absolute Gasteiger partial charge is 0.573 e. The Morgan fingerprint density at radius 2 is 1.74 bits per heavy atom. The van der Waals surface area contributed by atoms with Crippen molar-refractivity contribution < 1.29 is 27.4 Å². The molecule has 1 aromatic heterocycles. The lowest BCUT2D eigenvalue weighted by molar-refractivity contribution is -0.274. The Kier molecular flexibility index (Phi) is 9.01. The number of benzene rings is 1. The molecule has 4 N–H and O–H groups in total. The summed E-state index contributed by atoms with van der Waals surface area (Å²) in [6.45, 7) is 0.933. The summed E-state index contributed by atoms with van der Waals surface area (Å²) in [7, 11) is 0. The number of nitrogens with zero attached hydrogens (tertiary/aromatic N) is 2. The first-order valence-corrected chi connectivity index (χ1v) is 15.9. The molecular weight excluding hydrogens is 562 g/mol. The summed E-state index contributed by atoms with van der Waals surface area (Å²) in [5, 5.41) is 19.5. The van der Waals surface area contributed by atoms with E-state index in [0.29, 0.717) is 37.1 Å². The maximum atomic E-state index is 14.8. The molecule has 5 aliphatic rings. The van der Waals surface area contributed by atoms with Crippen LogP contribution in [-0.2, 0) is 6.54 Å². The smallest absolute Gasteiger partial charge is 0.405 e. The molecule has 1 aromatic carbocycles. The standard InChI is InChI=1S/C32H43F4N5O2/c33-26-18-38-30(37-17-22-5-1-2-6-27(22)43-32(34,35)36)41-29(26)39-19-31-14-21-12-23(15-31)28(24(13-21)16-31)40-25-9-7-20(8-10-25)4-3-11-42/h1-2,5-6,18,20-21,23-25,28,40,42H,3-4,7-17,19H2,(H2,37,38,39,41)/t20?,21?,23-,24+,25?,28?,31?. The van der Waals surface area contributed by atoms with Crippen molar-refractivity contribution in [1.82, 2.24) is 15.3 Å². The van der Waals surface area contributed by atoms with Gasteiger partial charge in [-0.3, -0.25) is 0 Å². The summed E-state index contributed by atoms with van der Waals surface area (Å²) in [6.07, 6.45) is 9.28. The van der Waals surface area contributed by atoms with Gasteiger partial charge in [0.2, 0.25) is 5.95 Å². The predicted octanol–water partition coefficient (Wildman–Crippen LogP) is 6.65. The molecule has 11 heteroatoms. The second kappa shape index (κ2) is 12.8. The molecule has 0 spiro atoms. The summed E-state index contributed by atoms with van der Waals surface area (Å²) in [5.41, 5.74) is 0.406. The van der Waals surface area contributed by atoms with Gasteiger partial charge in [-0.1, -0.05) is 18.2 Å². The van der Waals surface area contributed by atoms with E-state index in [0.717, 1.165) is 50.1 Å². The third-order valence-corrected chi connectivity index (χ3v) is 10.5. The van der Waals surface area contributed by atoms with Gasteiger partial charge in [0, 0.05) is 37.3 Å². The maximum absolute atomic E-state index is 14.8. The van der Waals surface area contributed by atoms with Crippen LogP contribution in [0.15, 0.2) is 30.5 Å². The topological polar surface area (TPSA) is 91.3 Å². The second-order valence-electron chi connectivity index (χ2n) is 13.5. The van der Waals surface area contributed by atoms with Gasteiger partial charge < -0.3 is 25.8 Å². The molecule has 0 aliphatic heterocycles. The van der Waals surface area contributed by atoms with Gasteiger partial charge in [-0.2, -0.15) is 4.98 Å². The average molecular weight is 606 g/mol. The van der Waals surface area contributed by atoms with Crippen molar-refractivity contribution in [3.05, 3.63) is 41.8 Å². The first-order chi connectivity index (χ1) is 20.7. The summed E-state index contributed by atoms with van der Waals surface area (Å²) in [5.74, 6) is 2.16. The van der Waals surface area contributed by atoms with Gasteiger partial charge >= 0.3 is 6.36 Å². The maximum Gasteiger partial charge on any atom is 0.573 e. The van der Waals surface area contributed by atoms with Crippen LogP contribution in [0.1, 0.15) is 76.2 Å². The van der Waals surface area contributed by atoms with E-state index in [1.165, 1.54) is 56.7 Å². The molecular formula is C32H43F4N5O2. The number of nitrogens with one attached hydrogen (secondary N) is 3. The summed E-state index contributed by atoms with van der Waals surface area (Å²) in [4.78, 5) is 8.33. The van der Waals surface area contributed by atoms with E-state index >= 15 is 0 Å². The number of alkyl halides is 3. The second-order valence-corrected chi connectivity index (χ2v) is 13.5. The molecule has 43 heavy (non-hydrogen) atoms. The van der Waals surface area contributed by atoms with Gasteiger partial charge in [0.05, 0.1) is 6.20 Å². The molecule has 4 bridgehead atoms. The van der Waals surface area contributed by atoms with Crippen molar-refractivity contribution in [3.63, 3.8) is 0 Å². The van der Waals surface area contributed by atoms with Crippen molar-refractivity contribution in [2.75, 3.05) is 23.8 Å². The van der Waals surface area contributed by atoms with E-state index < -0.39 is 12.2 Å². The lowest BCUT2D eigenvalue weighted by Gasteiger charge is -2.61. The molecule has 1 heterocycles. The van der Waals surface area contributed by atoms with Gasteiger partial charge in [-0.15, -0.1) is 13.2 Å². The van der Waals surface area contributed by atoms with Gasteiger partial charge in [-0.05, 0) is 106 Å². The number of rotatable bonds is 12. The fourth-order valence-corrected chi connectivity index (χ4v) is 8.85. The molecule has 5 aliphatic carbocycles. The molecule has 3 unspecified atom stereocenters. The van der Waals surface area contributed by atoms with Crippen LogP contribution < -0.4 is 20.7 Å². The molecule has 5 atom stereocenters. The number of hydrogen-bond acceptors (Lipinski definition) is 7. The number of halogens is 4. The highest BCUT2D eigenvalue weighted by Gasteiger charge is 2.55. The minimum Gasteiger partial charge on any atom is -0.405 e. The fraction of sp³-hybridized carbons (Fsp3) is 0.688. The first-order valence-electron chi connectivity index (χ1n) is 15.9. The Labute approximate surface area is 250 Å². The van der Waals surface area contributed by atoms with Gasteiger partial charge in [0.15, 0.2) is 11.6 Å². The van der Waals surface area contributed by atoms with E-state index in [1.54, 1.807) is 6.07 Å². The zero-order valence-electron chi connectivity index (χ0n) is 24.5. The number of para-hydroxylation sites is 1. The van der Waals surface area contributed by atoms with Crippen LogP contribution in [-0.4, -0.2) is 46.7 Å². The summed E-state index contributed by atoms with van der Waals surface area (Å²) >= 11 is 0.